The number of carbonyl (C=O) groups excluding carboxylic acids is 1. The lowest BCUT2D eigenvalue weighted by Crippen LogP contribution is -2.35. The van der Waals surface area contributed by atoms with Gasteiger partial charge in [0.1, 0.15) is 5.76 Å². The summed E-state index contributed by atoms with van der Waals surface area (Å²) in [6, 6.07) is 9.09. The van der Waals surface area contributed by atoms with Gasteiger partial charge in [-0.25, -0.2) is 0 Å². The first-order chi connectivity index (χ1) is 10.5. The Kier molecular flexibility index (Phi) is 6.31. The number of amides is 1. The quantitative estimate of drug-likeness (QED) is 0.840. The van der Waals surface area contributed by atoms with Gasteiger partial charge in [0.05, 0.1) is 19.4 Å². The fraction of sp³-hybridized carbons (Fsp3) is 0.312. The van der Waals surface area contributed by atoms with Crippen molar-refractivity contribution in [2.75, 3.05) is 20.1 Å². The molecule has 0 aliphatic heterocycles. The molecule has 6 heteroatoms. The lowest BCUT2D eigenvalue weighted by Gasteiger charge is -2.15. The average Bonchev–Trinajstić information content (AvgIpc) is 2.93. The van der Waals surface area contributed by atoms with E-state index in [1.165, 1.54) is 0 Å². The highest BCUT2D eigenvalue weighted by atomic mass is 35.5. The highest BCUT2D eigenvalue weighted by Gasteiger charge is 2.08. The molecule has 2 rings (SSSR count). The fourth-order valence-electron chi connectivity index (χ4n) is 2.09. The second-order valence-electron chi connectivity index (χ2n) is 5.09. The minimum absolute atomic E-state index is 0.0286. The van der Waals surface area contributed by atoms with E-state index in [0.29, 0.717) is 36.1 Å². The largest absolute Gasteiger partial charge is 0.468 e. The molecule has 1 aromatic carbocycles. The summed E-state index contributed by atoms with van der Waals surface area (Å²) in [5, 5.41) is 4.11. The first-order valence-electron chi connectivity index (χ1n) is 6.96. The van der Waals surface area contributed by atoms with Crippen molar-refractivity contribution in [1.29, 1.82) is 0 Å². The van der Waals surface area contributed by atoms with Gasteiger partial charge >= 0.3 is 0 Å². The summed E-state index contributed by atoms with van der Waals surface area (Å²) >= 11 is 11.9. The highest BCUT2D eigenvalue weighted by molar-refractivity contribution is 6.35. The zero-order valence-electron chi connectivity index (χ0n) is 12.3. The second kappa shape index (κ2) is 8.22. The van der Waals surface area contributed by atoms with E-state index in [9.17, 15) is 4.79 Å². The van der Waals surface area contributed by atoms with E-state index in [-0.39, 0.29) is 5.91 Å². The van der Waals surface area contributed by atoms with E-state index in [4.69, 9.17) is 27.6 Å². The van der Waals surface area contributed by atoms with Crippen LogP contribution in [-0.2, 0) is 17.8 Å². The lowest BCUT2D eigenvalue weighted by molar-refractivity contribution is -0.122. The van der Waals surface area contributed by atoms with E-state index in [1.54, 1.807) is 18.4 Å². The number of halogens is 2. The molecule has 0 aliphatic rings. The van der Waals surface area contributed by atoms with Gasteiger partial charge in [-0.05, 0) is 43.3 Å². The van der Waals surface area contributed by atoms with Crippen molar-refractivity contribution in [3.63, 3.8) is 0 Å². The molecule has 0 bridgehead atoms. The van der Waals surface area contributed by atoms with E-state index < -0.39 is 0 Å². The molecule has 0 unspecified atom stereocenters. The maximum Gasteiger partial charge on any atom is 0.234 e. The van der Waals surface area contributed by atoms with Gasteiger partial charge in [0.2, 0.25) is 5.91 Å². The molecule has 0 atom stereocenters. The summed E-state index contributed by atoms with van der Waals surface area (Å²) in [7, 11) is 1.87. The number of nitrogens with one attached hydrogen (secondary N) is 1. The molecule has 0 saturated heterocycles. The third-order valence-electron chi connectivity index (χ3n) is 3.15. The summed E-state index contributed by atoms with van der Waals surface area (Å²) < 4.78 is 5.25. The van der Waals surface area contributed by atoms with Crippen LogP contribution in [0, 0.1) is 0 Å². The number of furan rings is 1. The molecular formula is C16H18Cl2N2O2. The highest BCUT2D eigenvalue weighted by Crippen LogP contribution is 2.20. The second-order valence-corrected chi connectivity index (χ2v) is 5.93. The first kappa shape index (κ1) is 16.9. The predicted molar refractivity (Wildman–Crippen MR) is 88.2 cm³/mol. The van der Waals surface area contributed by atoms with Crippen LogP contribution in [0.1, 0.15) is 11.3 Å². The number of hydrogen-bond acceptors (Lipinski definition) is 3. The van der Waals surface area contributed by atoms with Crippen molar-refractivity contribution in [3.8, 4) is 0 Å². The number of nitrogens with zero attached hydrogens (tertiary/aromatic N) is 1. The van der Waals surface area contributed by atoms with Crippen LogP contribution in [0.15, 0.2) is 41.0 Å². The Bertz CT molecular complexity index is 615. The normalized spacial score (nSPS) is 10.9. The Morgan fingerprint density at radius 3 is 2.82 bits per heavy atom. The van der Waals surface area contributed by atoms with Crippen molar-refractivity contribution in [2.24, 2.45) is 0 Å². The molecule has 4 nitrogen and oxygen atoms in total. The van der Waals surface area contributed by atoms with Crippen LogP contribution in [0.5, 0.6) is 0 Å². The van der Waals surface area contributed by atoms with Crippen LogP contribution >= 0.6 is 23.2 Å². The molecule has 1 aromatic heterocycles. The number of benzene rings is 1. The molecule has 2 aromatic rings. The maximum absolute atomic E-state index is 11.9. The smallest absolute Gasteiger partial charge is 0.234 e. The van der Waals surface area contributed by atoms with Crippen molar-refractivity contribution in [3.05, 3.63) is 58.0 Å². The van der Waals surface area contributed by atoms with Gasteiger partial charge < -0.3 is 9.73 Å². The average molecular weight is 341 g/mol. The third kappa shape index (κ3) is 5.37. The Morgan fingerprint density at radius 1 is 1.32 bits per heavy atom. The molecule has 0 saturated carbocycles. The van der Waals surface area contributed by atoms with Gasteiger partial charge in [0.25, 0.3) is 0 Å². The summed E-state index contributed by atoms with van der Waals surface area (Å²) in [5.41, 5.74) is 0.968. The molecule has 22 heavy (non-hydrogen) atoms. The summed E-state index contributed by atoms with van der Waals surface area (Å²) in [6.45, 7) is 1.45. The maximum atomic E-state index is 11.9. The predicted octanol–water partition coefficient (Wildman–Crippen LogP) is 3.38. The van der Waals surface area contributed by atoms with Crippen LogP contribution in [0.3, 0.4) is 0 Å². The van der Waals surface area contributed by atoms with Gasteiger partial charge in [0, 0.05) is 16.6 Å². The van der Waals surface area contributed by atoms with Gasteiger partial charge in [0.15, 0.2) is 0 Å². The monoisotopic (exact) mass is 340 g/mol. The van der Waals surface area contributed by atoms with E-state index in [0.717, 1.165) is 11.3 Å². The zero-order chi connectivity index (χ0) is 15.9. The summed E-state index contributed by atoms with van der Waals surface area (Å²) in [4.78, 5) is 13.8. The van der Waals surface area contributed by atoms with Crippen LogP contribution in [0.4, 0.5) is 0 Å². The fourth-order valence-corrected chi connectivity index (χ4v) is 2.59. The molecule has 0 spiro atoms. The SMILES string of the molecule is CN(CC(=O)NCCc1ccc(Cl)cc1Cl)Cc1ccco1. The zero-order valence-corrected chi connectivity index (χ0v) is 13.8. The Morgan fingerprint density at radius 2 is 2.14 bits per heavy atom. The minimum Gasteiger partial charge on any atom is -0.468 e. The minimum atomic E-state index is -0.0286. The first-order valence-corrected chi connectivity index (χ1v) is 7.72. The number of carbonyl (C=O) groups is 1. The third-order valence-corrected chi connectivity index (χ3v) is 3.74. The van der Waals surface area contributed by atoms with Crippen LogP contribution in [0.2, 0.25) is 10.0 Å². The molecular weight excluding hydrogens is 323 g/mol. The van der Waals surface area contributed by atoms with Crippen LogP contribution in [-0.4, -0.2) is 30.9 Å². The lowest BCUT2D eigenvalue weighted by atomic mass is 10.1. The van der Waals surface area contributed by atoms with Crippen molar-refractivity contribution in [1.82, 2.24) is 10.2 Å². The molecule has 0 radical (unpaired) electrons. The summed E-state index contributed by atoms with van der Waals surface area (Å²) in [6.07, 6.45) is 2.29. The van der Waals surface area contributed by atoms with Gasteiger partial charge in [-0.3, -0.25) is 9.69 Å². The Labute approximate surface area is 140 Å². The van der Waals surface area contributed by atoms with Crippen LogP contribution < -0.4 is 5.32 Å². The van der Waals surface area contributed by atoms with Crippen molar-refractivity contribution < 1.29 is 9.21 Å². The van der Waals surface area contributed by atoms with Crippen molar-refractivity contribution in [2.45, 2.75) is 13.0 Å². The Balaban J connectivity index is 1.71. The van der Waals surface area contributed by atoms with E-state index in [1.807, 2.05) is 30.1 Å². The number of hydrogen-bond donors (Lipinski definition) is 1. The van der Waals surface area contributed by atoms with E-state index in [2.05, 4.69) is 5.32 Å². The molecule has 118 valence electrons. The number of likely N-dealkylation sites (N-methyl/N-ethyl adjacent to an activating group) is 1. The van der Waals surface area contributed by atoms with Gasteiger partial charge in [-0.2, -0.15) is 0 Å². The molecule has 1 amide bonds. The van der Waals surface area contributed by atoms with E-state index >= 15 is 0 Å². The topological polar surface area (TPSA) is 45.5 Å². The summed E-state index contributed by atoms with van der Waals surface area (Å²) in [5.74, 6) is 0.808. The molecule has 0 fully saturated rings. The van der Waals surface area contributed by atoms with Crippen LogP contribution in [0.25, 0.3) is 0 Å². The Hall–Kier alpha value is -1.49. The van der Waals surface area contributed by atoms with Gasteiger partial charge in [-0.15, -0.1) is 0 Å². The van der Waals surface area contributed by atoms with Crippen molar-refractivity contribution >= 4 is 29.1 Å². The van der Waals surface area contributed by atoms with Gasteiger partial charge in [-0.1, -0.05) is 29.3 Å². The number of rotatable bonds is 7. The standard InChI is InChI=1S/C16H18Cl2N2O2/c1-20(10-14-3-2-8-22-14)11-16(21)19-7-6-12-4-5-13(17)9-15(12)18/h2-5,8-9H,6-7,10-11H2,1H3,(H,19,21). The molecule has 0 aliphatic carbocycles. The molecule has 1 heterocycles. The molecule has 1 N–H and O–H groups in total.